The zero-order valence-corrected chi connectivity index (χ0v) is 7.24. The van der Waals surface area contributed by atoms with Crippen LogP contribution in [0.3, 0.4) is 0 Å². The molecule has 0 unspecified atom stereocenters. The summed E-state index contributed by atoms with van der Waals surface area (Å²) in [6.07, 6.45) is 1.36. The molecule has 1 rings (SSSR count). The molecule has 0 spiro atoms. The van der Waals surface area contributed by atoms with Gasteiger partial charge in [0, 0.05) is 5.56 Å². The number of carbonyl (C=O) groups excluding carboxylic acids is 1. The minimum absolute atomic E-state index is 0.224. The fraction of sp³-hybridized carbons (Fsp3) is 0.100. The van der Waals surface area contributed by atoms with E-state index in [1.165, 1.54) is 31.4 Å². The van der Waals surface area contributed by atoms with E-state index in [0.717, 1.165) is 0 Å². The molecule has 0 saturated carbocycles. The van der Waals surface area contributed by atoms with Crippen molar-refractivity contribution < 1.29 is 14.6 Å². The second kappa shape index (κ2) is 3.76. The van der Waals surface area contributed by atoms with E-state index in [1.54, 1.807) is 0 Å². The van der Waals surface area contributed by atoms with E-state index < -0.39 is 5.97 Å². The van der Waals surface area contributed by atoms with E-state index in [-0.39, 0.29) is 16.9 Å². The average Bonchev–Trinajstić information content (AvgIpc) is 2.16. The molecular formula is C10H9O3. The fourth-order valence-electron chi connectivity index (χ4n) is 1.04. The molecule has 0 saturated heterocycles. The zero-order valence-electron chi connectivity index (χ0n) is 7.24. The molecule has 0 aliphatic rings. The van der Waals surface area contributed by atoms with Crippen molar-refractivity contribution in [3.63, 3.8) is 0 Å². The molecule has 1 aromatic rings. The lowest BCUT2D eigenvalue weighted by Gasteiger charge is -2.03. The number of esters is 1. The highest BCUT2D eigenvalue weighted by molar-refractivity contribution is 5.94. The number of hydrogen-bond acceptors (Lipinski definition) is 2. The van der Waals surface area contributed by atoms with Crippen molar-refractivity contribution in [2.45, 2.75) is 0 Å². The summed E-state index contributed by atoms with van der Waals surface area (Å²) in [7, 11) is 1.27. The van der Waals surface area contributed by atoms with Gasteiger partial charge in [-0.1, -0.05) is 18.7 Å². The van der Waals surface area contributed by atoms with Gasteiger partial charge in [-0.05, 0) is 12.1 Å². The first-order chi connectivity index (χ1) is 6.20. The van der Waals surface area contributed by atoms with E-state index >= 15 is 0 Å². The van der Waals surface area contributed by atoms with Crippen molar-refractivity contribution in [2.75, 3.05) is 7.11 Å². The Balaban J connectivity index is 3.28. The Kier molecular flexibility index (Phi) is 2.69. The van der Waals surface area contributed by atoms with Crippen LogP contribution in [0.1, 0.15) is 15.9 Å². The number of ether oxygens (including phenoxy) is 1. The Bertz CT molecular complexity index is 342. The van der Waals surface area contributed by atoms with E-state index in [4.69, 9.17) is 0 Å². The van der Waals surface area contributed by atoms with E-state index in [0.29, 0.717) is 0 Å². The summed E-state index contributed by atoms with van der Waals surface area (Å²) in [6, 6.07) is 4.43. The summed E-state index contributed by atoms with van der Waals surface area (Å²) in [6.45, 7) is 3.46. The summed E-state index contributed by atoms with van der Waals surface area (Å²) in [5.74, 6) is -0.745. The number of rotatable bonds is 2. The second-order valence-corrected chi connectivity index (χ2v) is 2.41. The van der Waals surface area contributed by atoms with Crippen LogP contribution in [0.15, 0.2) is 24.8 Å². The van der Waals surface area contributed by atoms with Gasteiger partial charge in [0.05, 0.1) is 12.7 Å². The van der Waals surface area contributed by atoms with Gasteiger partial charge in [0.25, 0.3) is 0 Å². The third-order valence-corrected chi connectivity index (χ3v) is 1.68. The molecule has 0 N–H and O–H groups in total. The molecule has 3 nitrogen and oxygen atoms in total. The Morgan fingerprint density at radius 3 is 2.77 bits per heavy atom. The topological polar surface area (TPSA) is 46.2 Å². The Hall–Kier alpha value is -1.77. The Morgan fingerprint density at radius 1 is 1.54 bits per heavy atom. The third-order valence-electron chi connectivity index (χ3n) is 1.68. The molecular weight excluding hydrogens is 168 g/mol. The number of carbonyl (C=O) groups is 1. The largest absolute Gasteiger partial charge is 0.465 e. The molecule has 0 aliphatic carbocycles. The lowest BCUT2D eigenvalue weighted by Crippen LogP contribution is -2.03. The molecule has 13 heavy (non-hydrogen) atoms. The number of hydrogen-bond donors (Lipinski definition) is 0. The first-order valence-corrected chi connectivity index (χ1v) is 3.71. The maximum absolute atomic E-state index is 11.2. The normalized spacial score (nSPS) is 9.31. The molecule has 0 bridgehead atoms. The average molecular weight is 177 g/mol. The highest BCUT2D eigenvalue weighted by Gasteiger charge is 2.12. The highest BCUT2D eigenvalue weighted by atomic mass is 16.5. The van der Waals surface area contributed by atoms with Crippen LogP contribution in [0.25, 0.3) is 6.08 Å². The van der Waals surface area contributed by atoms with Crippen LogP contribution in [0.5, 0.6) is 5.75 Å². The van der Waals surface area contributed by atoms with Crippen LogP contribution in [0, 0.1) is 0 Å². The maximum Gasteiger partial charge on any atom is 0.338 e. The Morgan fingerprint density at radius 2 is 2.23 bits per heavy atom. The lowest BCUT2D eigenvalue weighted by molar-refractivity contribution is 0.0600. The standard InChI is InChI=1S/C10H9O3/c1-3-7-8(10(12)13-2)5-4-6-9(7)11/h3-6H,1H2,2H3. The van der Waals surface area contributed by atoms with Crippen molar-refractivity contribution >= 4 is 12.0 Å². The Labute approximate surface area is 76.3 Å². The van der Waals surface area contributed by atoms with Crippen LogP contribution >= 0.6 is 0 Å². The van der Waals surface area contributed by atoms with Gasteiger partial charge in [0.15, 0.2) is 5.75 Å². The van der Waals surface area contributed by atoms with E-state index in [9.17, 15) is 9.90 Å². The summed E-state index contributed by atoms with van der Waals surface area (Å²) >= 11 is 0. The molecule has 3 heteroatoms. The molecule has 1 aromatic carbocycles. The summed E-state index contributed by atoms with van der Waals surface area (Å²) in [5, 5.41) is 11.2. The lowest BCUT2D eigenvalue weighted by atomic mass is 10.1. The van der Waals surface area contributed by atoms with Gasteiger partial charge in [-0.15, -0.1) is 0 Å². The predicted molar refractivity (Wildman–Crippen MR) is 48.0 cm³/mol. The molecule has 0 aromatic heterocycles. The van der Waals surface area contributed by atoms with Gasteiger partial charge < -0.3 is 4.74 Å². The molecule has 0 fully saturated rings. The fourth-order valence-corrected chi connectivity index (χ4v) is 1.04. The van der Waals surface area contributed by atoms with Gasteiger partial charge in [0.2, 0.25) is 0 Å². The van der Waals surface area contributed by atoms with Gasteiger partial charge in [0.1, 0.15) is 0 Å². The highest BCUT2D eigenvalue weighted by Crippen LogP contribution is 2.23. The van der Waals surface area contributed by atoms with Crippen LogP contribution in [0.2, 0.25) is 0 Å². The van der Waals surface area contributed by atoms with Gasteiger partial charge in [-0.3, -0.25) is 5.11 Å². The first kappa shape index (κ1) is 9.32. The summed E-state index contributed by atoms with van der Waals surface area (Å²) < 4.78 is 4.51. The maximum atomic E-state index is 11.2. The molecule has 0 amide bonds. The predicted octanol–water partition coefficient (Wildman–Crippen LogP) is 2.26. The number of benzene rings is 1. The van der Waals surface area contributed by atoms with Crippen molar-refractivity contribution in [2.24, 2.45) is 0 Å². The van der Waals surface area contributed by atoms with E-state index in [2.05, 4.69) is 11.3 Å². The molecule has 0 aliphatic heterocycles. The second-order valence-electron chi connectivity index (χ2n) is 2.41. The van der Waals surface area contributed by atoms with Crippen LogP contribution < -0.4 is 0 Å². The van der Waals surface area contributed by atoms with Crippen molar-refractivity contribution in [3.8, 4) is 5.75 Å². The van der Waals surface area contributed by atoms with Gasteiger partial charge in [-0.2, -0.15) is 0 Å². The smallest absolute Gasteiger partial charge is 0.338 e. The molecule has 0 heterocycles. The van der Waals surface area contributed by atoms with Gasteiger partial charge in [-0.25, -0.2) is 4.79 Å². The molecule has 1 radical (unpaired) electrons. The number of methoxy groups -OCH3 is 1. The van der Waals surface area contributed by atoms with Crippen LogP contribution in [0.4, 0.5) is 0 Å². The SMILES string of the molecule is C=Cc1c([O])cccc1C(=O)OC. The van der Waals surface area contributed by atoms with Crippen LogP contribution in [-0.4, -0.2) is 13.1 Å². The van der Waals surface area contributed by atoms with E-state index in [1.807, 2.05) is 0 Å². The van der Waals surface area contributed by atoms with Crippen molar-refractivity contribution in [1.29, 1.82) is 0 Å². The first-order valence-electron chi connectivity index (χ1n) is 3.71. The monoisotopic (exact) mass is 177 g/mol. The minimum Gasteiger partial charge on any atom is -0.465 e. The van der Waals surface area contributed by atoms with Crippen molar-refractivity contribution in [1.82, 2.24) is 0 Å². The molecule has 67 valence electrons. The third kappa shape index (κ3) is 1.69. The van der Waals surface area contributed by atoms with Crippen LogP contribution in [-0.2, 0) is 9.84 Å². The molecule has 0 atom stereocenters. The zero-order chi connectivity index (χ0) is 9.84. The van der Waals surface area contributed by atoms with Gasteiger partial charge >= 0.3 is 5.97 Å². The van der Waals surface area contributed by atoms with Crippen molar-refractivity contribution in [3.05, 3.63) is 35.9 Å². The minimum atomic E-state index is -0.521. The summed E-state index contributed by atoms with van der Waals surface area (Å²) in [5.41, 5.74) is 0.541. The summed E-state index contributed by atoms with van der Waals surface area (Å²) in [4.78, 5) is 11.1. The quantitative estimate of drug-likeness (QED) is 0.650.